The second-order valence-corrected chi connectivity index (χ2v) is 3.60. The smallest absolute Gasteiger partial charge is 0.147 e. The van der Waals surface area contributed by atoms with E-state index in [9.17, 15) is 4.79 Å². The molecule has 0 aromatic heterocycles. The van der Waals surface area contributed by atoms with Gasteiger partial charge in [-0.25, -0.2) is 0 Å². The number of benzene rings is 1. The van der Waals surface area contributed by atoms with Crippen LogP contribution in [0.3, 0.4) is 0 Å². The van der Waals surface area contributed by atoms with Gasteiger partial charge in [-0.15, -0.1) is 0 Å². The van der Waals surface area contributed by atoms with Crippen molar-refractivity contribution in [2.45, 2.75) is 19.4 Å². The minimum atomic E-state index is -0.0783. The molecule has 1 aromatic carbocycles. The number of rotatable bonds is 5. The number of carbonyl (C=O) groups is 1. The molecule has 0 unspecified atom stereocenters. The Hall–Kier alpha value is -1.35. The van der Waals surface area contributed by atoms with Crippen LogP contribution >= 0.6 is 0 Å². The van der Waals surface area contributed by atoms with Crippen LogP contribution in [0.25, 0.3) is 0 Å². The van der Waals surface area contributed by atoms with Crippen molar-refractivity contribution in [1.29, 1.82) is 0 Å². The SMILES string of the molecule is CNc1ccc(C[C@@H](NC)C(C)=O)cc1. The highest BCUT2D eigenvalue weighted by molar-refractivity contribution is 5.81. The van der Waals surface area contributed by atoms with E-state index in [1.54, 1.807) is 6.92 Å². The Kier molecular flexibility index (Phi) is 4.31. The first-order valence-electron chi connectivity index (χ1n) is 5.11. The minimum absolute atomic E-state index is 0.0783. The quantitative estimate of drug-likeness (QED) is 0.766. The summed E-state index contributed by atoms with van der Waals surface area (Å²) in [6.45, 7) is 1.61. The van der Waals surface area contributed by atoms with Crippen molar-refractivity contribution in [3.8, 4) is 0 Å². The molecule has 0 aliphatic heterocycles. The lowest BCUT2D eigenvalue weighted by Gasteiger charge is -2.12. The molecule has 15 heavy (non-hydrogen) atoms. The molecule has 0 spiro atoms. The lowest BCUT2D eigenvalue weighted by atomic mass is 10.0. The highest BCUT2D eigenvalue weighted by Gasteiger charge is 2.11. The molecular weight excluding hydrogens is 188 g/mol. The molecule has 0 radical (unpaired) electrons. The van der Waals surface area contributed by atoms with Gasteiger partial charge in [0.2, 0.25) is 0 Å². The summed E-state index contributed by atoms with van der Waals surface area (Å²) in [5.41, 5.74) is 2.26. The second-order valence-electron chi connectivity index (χ2n) is 3.60. The maximum absolute atomic E-state index is 11.2. The highest BCUT2D eigenvalue weighted by Crippen LogP contribution is 2.10. The van der Waals surface area contributed by atoms with E-state index < -0.39 is 0 Å². The molecule has 0 aliphatic rings. The molecule has 0 fully saturated rings. The minimum Gasteiger partial charge on any atom is -0.388 e. The summed E-state index contributed by atoms with van der Waals surface area (Å²) < 4.78 is 0. The summed E-state index contributed by atoms with van der Waals surface area (Å²) in [5.74, 6) is 0.176. The van der Waals surface area contributed by atoms with Crippen LogP contribution in [-0.2, 0) is 11.2 Å². The molecule has 0 saturated heterocycles. The number of hydrogen-bond donors (Lipinski definition) is 2. The predicted octanol–water partition coefficient (Wildman–Crippen LogP) is 1.45. The standard InChI is InChI=1S/C12H18N2O/c1-9(15)12(14-3)8-10-4-6-11(13-2)7-5-10/h4-7,12-14H,8H2,1-3H3/t12-/m1/s1. The molecule has 0 bridgehead atoms. The first kappa shape index (κ1) is 11.7. The summed E-state index contributed by atoms with van der Waals surface area (Å²) in [6, 6.07) is 8.04. The van der Waals surface area contributed by atoms with E-state index in [0.29, 0.717) is 0 Å². The van der Waals surface area contributed by atoms with Gasteiger partial charge in [0.05, 0.1) is 6.04 Å². The number of nitrogens with one attached hydrogen (secondary N) is 2. The second kappa shape index (κ2) is 5.51. The van der Waals surface area contributed by atoms with Crippen LogP contribution in [0.4, 0.5) is 5.69 Å². The van der Waals surface area contributed by atoms with Gasteiger partial charge in [0.1, 0.15) is 5.78 Å². The average Bonchev–Trinajstić information content (AvgIpc) is 2.26. The van der Waals surface area contributed by atoms with Crippen molar-refractivity contribution < 1.29 is 4.79 Å². The number of anilines is 1. The van der Waals surface area contributed by atoms with Crippen molar-refractivity contribution in [1.82, 2.24) is 5.32 Å². The van der Waals surface area contributed by atoms with Crippen molar-refractivity contribution in [2.24, 2.45) is 0 Å². The van der Waals surface area contributed by atoms with Crippen LogP contribution in [-0.4, -0.2) is 25.9 Å². The van der Waals surface area contributed by atoms with Gasteiger partial charge in [-0.05, 0) is 38.1 Å². The van der Waals surface area contributed by atoms with Crippen LogP contribution in [0, 0.1) is 0 Å². The van der Waals surface area contributed by atoms with E-state index >= 15 is 0 Å². The molecule has 1 rings (SSSR count). The van der Waals surface area contributed by atoms with E-state index in [2.05, 4.69) is 10.6 Å². The van der Waals surface area contributed by atoms with Gasteiger partial charge in [-0.1, -0.05) is 12.1 Å². The van der Waals surface area contributed by atoms with Gasteiger partial charge >= 0.3 is 0 Å². The largest absolute Gasteiger partial charge is 0.388 e. The van der Waals surface area contributed by atoms with Crippen molar-refractivity contribution in [2.75, 3.05) is 19.4 Å². The Bertz CT molecular complexity index is 319. The van der Waals surface area contributed by atoms with Crippen molar-refractivity contribution in [3.05, 3.63) is 29.8 Å². The first-order chi connectivity index (χ1) is 7.17. The molecule has 3 nitrogen and oxygen atoms in total. The Morgan fingerprint density at radius 2 is 1.87 bits per heavy atom. The summed E-state index contributed by atoms with van der Waals surface area (Å²) in [4.78, 5) is 11.2. The monoisotopic (exact) mass is 206 g/mol. The molecule has 1 atom stereocenters. The van der Waals surface area contributed by atoms with Crippen LogP contribution in [0.5, 0.6) is 0 Å². The average molecular weight is 206 g/mol. The molecule has 0 saturated carbocycles. The first-order valence-corrected chi connectivity index (χ1v) is 5.11. The Balaban J connectivity index is 2.67. The van der Waals surface area contributed by atoms with Gasteiger partial charge in [0, 0.05) is 12.7 Å². The summed E-state index contributed by atoms with van der Waals surface area (Å²) in [6.07, 6.45) is 0.746. The fraction of sp³-hybridized carbons (Fsp3) is 0.417. The Morgan fingerprint density at radius 3 is 2.27 bits per heavy atom. The van der Waals surface area contributed by atoms with E-state index in [1.807, 2.05) is 38.4 Å². The number of ketones is 1. The fourth-order valence-electron chi connectivity index (χ4n) is 1.49. The third-order valence-corrected chi connectivity index (χ3v) is 2.52. The van der Waals surface area contributed by atoms with E-state index in [4.69, 9.17) is 0 Å². The Labute approximate surface area is 90.9 Å². The van der Waals surface area contributed by atoms with Gasteiger partial charge in [0.25, 0.3) is 0 Å². The third-order valence-electron chi connectivity index (χ3n) is 2.52. The zero-order chi connectivity index (χ0) is 11.3. The topological polar surface area (TPSA) is 41.1 Å². The molecule has 0 amide bonds. The predicted molar refractivity (Wildman–Crippen MR) is 63.2 cm³/mol. The number of likely N-dealkylation sites (N-methyl/N-ethyl adjacent to an activating group) is 1. The fourth-order valence-corrected chi connectivity index (χ4v) is 1.49. The van der Waals surface area contributed by atoms with E-state index in [0.717, 1.165) is 12.1 Å². The highest BCUT2D eigenvalue weighted by atomic mass is 16.1. The van der Waals surface area contributed by atoms with Gasteiger partial charge in [0.15, 0.2) is 0 Å². The number of carbonyl (C=O) groups excluding carboxylic acids is 1. The number of hydrogen-bond acceptors (Lipinski definition) is 3. The van der Waals surface area contributed by atoms with Crippen LogP contribution in [0.15, 0.2) is 24.3 Å². The zero-order valence-corrected chi connectivity index (χ0v) is 9.50. The normalized spacial score (nSPS) is 12.2. The van der Waals surface area contributed by atoms with Crippen LogP contribution in [0.2, 0.25) is 0 Å². The Morgan fingerprint density at radius 1 is 1.27 bits per heavy atom. The maximum atomic E-state index is 11.2. The molecular formula is C12H18N2O. The zero-order valence-electron chi connectivity index (χ0n) is 9.50. The molecule has 3 heteroatoms. The van der Waals surface area contributed by atoms with E-state index in [1.165, 1.54) is 5.56 Å². The molecule has 0 aliphatic carbocycles. The van der Waals surface area contributed by atoms with Crippen LogP contribution < -0.4 is 10.6 Å². The summed E-state index contributed by atoms with van der Waals surface area (Å²) in [5, 5.41) is 6.08. The maximum Gasteiger partial charge on any atom is 0.147 e. The van der Waals surface area contributed by atoms with Crippen molar-refractivity contribution >= 4 is 11.5 Å². The summed E-state index contributed by atoms with van der Waals surface area (Å²) in [7, 11) is 3.70. The van der Waals surface area contributed by atoms with Crippen molar-refractivity contribution in [3.63, 3.8) is 0 Å². The third kappa shape index (κ3) is 3.36. The summed E-state index contributed by atoms with van der Waals surface area (Å²) >= 11 is 0. The lowest BCUT2D eigenvalue weighted by molar-refractivity contribution is -0.118. The van der Waals surface area contributed by atoms with Gasteiger partial charge in [-0.2, -0.15) is 0 Å². The molecule has 0 heterocycles. The molecule has 82 valence electrons. The number of Topliss-reactive ketones (excluding diaryl/α,β-unsaturated/α-hetero) is 1. The lowest BCUT2D eigenvalue weighted by Crippen LogP contribution is -2.34. The van der Waals surface area contributed by atoms with Gasteiger partial charge in [-0.3, -0.25) is 4.79 Å². The van der Waals surface area contributed by atoms with Gasteiger partial charge < -0.3 is 10.6 Å². The van der Waals surface area contributed by atoms with Crippen LogP contribution in [0.1, 0.15) is 12.5 Å². The molecule has 1 aromatic rings. The molecule has 2 N–H and O–H groups in total. The van der Waals surface area contributed by atoms with E-state index in [-0.39, 0.29) is 11.8 Å².